The molecule has 0 radical (unpaired) electrons. The van der Waals surface area contributed by atoms with Gasteiger partial charge in [-0.25, -0.2) is 0 Å². The van der Waals surface area contributed by atoms with E-state index < -0.39 is 11.9 Å². The lowest BCUT2D eigenvalue weighted by Gasteiger charge is -2.22. The minimum atomic E-state index is -0.895. The van der Waals surface area contributed by atoms with Crippen LogP contribution >= 0.6 is 11.3 Å². The molecule has 1 saturated heterocycles. The molecule has 1 amide bonds. The number of carbonyl (C=O) groups excluding carboxylic acids is 1. The number of hydrogen-bond donors (Lipinski definition) is 1. The van der Waals surface area contributed by atoms with Crippen molar-refractivity contribution in [1.82, 2.24) is 4.90 Å². The van der Waals surface area contributed by atoms with Crippen LogP contribution in [0.15, 0.2) is 12.1 Å². The van der Waals surface area contributed by atoms with Crippen LogP contribution < -0.4 is 0 Å². The third kappa shape index (κ3) is 2.52. The Labute approximate surface area is 117 Å². The van der Waals surface area contributed by atoms with E-state index in [0.29, 0.717) is 0 Å². The van der Waals surface area contributed by atoms with Crippen molar-refractivity contribution in [3.05, 3.63) is 21.9 Å². The van der Waals surface area contributed by atoms with E-state index >= 15 is 0 Å². The summed E-state index contributed by atoms with van der Waals surface area (Å²) in [6.45, 7) is 6.38. The van der Waals surface area contributed by atoms with Crippen molar-refractivity contribution >= 4 is 23.2 Å². The third-order valence-corrected chi connectivity index (χ3v) is 5.14. The molecule has 0 aromatic carbocycles. The lowest BCUT2D eigenvalue weighted by molar-refractivity contribution is -0.142. The number of carbonyl (C=O) groups is 2. The molecule has 1 aliphatic heterocycles. The number of nitrogens with zero attached hydrogens (tertiary/aromatic N) is 1. The Bertz CT molecular complexity index is 515. The molecule has 1 aromatic heterocycles. The first kappa shape index (κ1) is 14.1. The second kappa shape index (κ2) is 4.63. The molecule has 2 rings (SSSR count). The number of rotatable bonds is 2. The zero-order valence-electron chi connectivity index (χ0n) is 11.6. The molecule has 1 fully saturated rings. The first-order chi connectivity index (χ1) is 8.71. The minimum absolute atomic E-state index is 0.0445. The quantitative estimate of drug-likeness (QED) is 0.906. The fourth-order valence-electron chi connectivity index (χ4n) is 2.40. The Balaban J connectivity index is 2.36. The van der Waals surface area contributed by atoms with E-state index in [4.69, 9.17) is 0 Å². The molecule has 2 heterocycles. The summed E-state index contributed by atoms with van der Waals surface area (Å²) in [6, 6.07) is 3.67. The Morgan fingerprint density at radius 1 is 1.42 bits per heavy atom. The molecule has 4 nitrogen and oxygen atoms in total. The monoisotopic (exact) mass is 281 g/mol. The van der Waals surface area contributed by atoms with E-state index in [1.54, 1.807) is 23.3 Å². The standard InChI is InChI=1S/C14H19NO3S/c1-14(2,3)10-6-5-9(19-10)12-8(13(17)18)7-11(16)15(12)4/h5-6,8,12H,7H2,1-4H3,(H,17,18). The first-order valence-electron chi connectivity index (χ1n) is 6.30. The zero-order chi connectivity index (χ0) is 14.4. The number of thiophene rings is 1. The fourth-order valence-corrected chi connectivity index (χ4v) is 3.67. The number of likely N-dealkylation sites (tertiary alicyclic amines) is 1. The van der Waals surface area contributed by atoms with Gasteiger partial charge in [0.15, 0.2) is 0 Å². The molecular formula is C14H19NO3S. The minimum Gasteiger partial charge on any atom is -0.481 e. The number of aliphatic carboxylic acids is 1. The molecule has 5 heteroatoms. The smallest absolute Gasteiger partial charge is 0.309 e. The Morgan fingerprint density at radius 2 is 2.05 bits per heavy atom. The summed E-state index contributed by atoms with van der Waals surface area (Å²) >= 11 is 1.61. The third-order valence-electron chi connectivity index (χ3n) is 3.56. The summed E-state index contributed by atoms with van der Waals surface area (Å²) in [5, 5.41) is 9.27. The van der Waals surface area contributed by atoms with Crippen LogP contribution in [0, 0.1) is 5.92 Å². The molecule has 1 aromatic rings. The van der Waals surface area contributed by atoms with E-state index in [1.165, 1.54) is 4.88 Å². The van der Waals surface area contributed by atoms with Crippen LogP contribution in [-0.2, 0) is 15.0 Å². The fraction of sp³-hybridized carbons (Fsp3) is 0.571. The molecule has 2 unspecified atom stereocenters. The van der Waals surface area contributed by atoms with Crippen molar-refractivity contribution in [2.45, 2.75) is 38.6 Å². The Morgan fingerprint density at radius 3 is 2.53 bits per heavy atom. The van der Waals surface area contributed by atoms with Gasteiger partial charge in [-0.1, -0.05) is 20.8 Å². The van der Waals surface area contributed by atoms with Crippen LogP contribution in [0.1, 0.15) is 43.0 Å². The van der Waals surface area contributed by atoms with Gasteiger partial charge in [-0.05, 0) is 17.5 Å². The topological polar surface area (TPSA) is 57.6 Å². The summed E-state index contributed by atoms with van der Waals surface area (Å²) < 4.78 is 0. The second-order valence-electron chi connectivity index (χ2n) is 6.05. The maximum absolute atomic E-state index is 11.7. The molecule has 0 saturated carbocycles. The van der Waals surface area contributed by atoms with Crippen LogP contribution in [-0.4, -0.2) is 28.9 Å². The molecule has 0 spiro atoms. The average molecular weight is 281 g/mol. The van der Waals surface area contributed by atoms with Gasteiger partial charge in [0.05, 0.1) is 12.0 Å². The molecule has 1 aliphatic rings. The van der Waals surface area contributed by atoms with E-state index in [9.17, 15) is 14.7 Å². The summed E-state index contributed by atoms with van der Waals surface area (Å²) in [5.74, 6) is -1.62. The van der Waals surface area contributed by atoms with Gasteiger partial charge in [0.2, 0.25) is 5.91 Å². The van der Waals surface area contributed by atoms with Gasteiger partial charge < -0.3 is 10.0 Å². The van der Waals surface area contributed by atoms with E-state index in [1.807, 2.05) is 12.1 Å². The number of hydrogen-bond acceptors (Lipinski definition) is 3. The van der Waals surface area contributed by atoms with E-state index in [-0.39, 0.29) is 23.8 Å². The van der Waals surface area contributed by atoms with E-state index in [0.717, 1.165) is 4.88 Å². The predicted octanol–water partition coefficient (Wildman–Crippen LogP) is 2.65. The van der Waals surface area contributed by atoms with Crippen LogP contribution in [0.5, 0.6) is 0 Å². The van der Waals surface area contributed by atoms with Crippen molar-refractivity contribution < 1.29 is 14.7 Å². The van der Waals surface area contributed by atoms with Crippen molar-refractivity contribution in [1.29, 1.82) is 0 Å². The van der Waals surface area contributed by atoms with Gasteiger partial charge in [0, 0.05) is 23.2 Å². The normalized spacial score (nSPS) is 24.0. The molecule has 2 atom stereocenters. The highest BCUT2D eigenvalue weighted by molar-refractivity contribution is 7.12. The number of carboxylic acid groups (broad SMARTS) is 1. The first-order valence-corrected chi connectivity index (χ1v) is 7.12. The highest BCUT2D eigenvalue weighted by atomic mass is 32.1. The van der Waals surface area contributed by atoms with Gasteiger partial charge in [0.1, 0.15) is 0 Å². The van der Waals surface area contributed by atoms with Crippen LogP contribution in [0.25, 0.3) is 0 Å². The van der Waals surface area contributed by atoms with E-state index in [2.05, 4.69) is 20.8 Å². The summed E-state index contributed by atoms with van der Waals surface area (Å²) in [7, 11) is 1.69. The van der Waals surface area contributed by atoms with Gasteiger partial charge in [0.25, 0.3) is 0 Å². The summed E-state index contributed by atoms with van der Waals surface area (Å²) in [5.41, 5.74) is 0.0445. The largest absolute Gasteiger partial charge is 0.481 e. The SMILES string of the molecule is CN1C(=O)CC(C(=O)O)C1c1ccc(C(C)(C)C)s1. The molecule has 0 aliphatic carbocycles. The molecular weight excluding hydrogens is 262 g/mol. The molecule has 19 heavy (non-hydrogen) atoms. The second-order valence-corrected chi connectivity index (χ2v) is 7.17. The molecule has 104 valence electrons. The Kier molecular flexibility index (Phi) is 3.43. The van der Waals surface area contributed by atoms with Crippen molar-refractivity contribution in [2.75, 3.05) is 7.05 Å². The van der Waals surface area contributed by atoms with Crippen LogP contribution in [0.3, 0.4) is 0 Å². The highest BCUT2D eigenvalue weighted by Crippen LogP contribution is 2.42. The van der Waals surface area contributed by atoms with Gasteiger partial charge in [-0.15, -0.1) is 11.3 Å². The van der Waals surface area contributed by atoms with Gasteiger partial charge in [-0.3, -0.25) is 9.59 Å². The van der Waals surface area contributed by atoms with Crippen molar-refractivity contribution in [3.8, 4) is 0 Å². The Hall–Kier alpha value is -1.36. The van der Waals surface area contributed by atoms with Crippen LogP contribution in [0.4, 0.5) is 0 Å². The molecule has 0 bridgehead atoms. The zero-order valence-corrected chi connectivity index (χ0v) is 12.5. The van der Waals surface area contributed by atoms with Crippen molar-refractivity contribution in [2.24, 2.45) is 5.92 Å². The van der Waals surface area contributed by atoms with Gasteiger partial charge >= 0.3 is 5.97 Å². The van der Waals surface area contributed by atoms with Crippen molar-refractivity contribution in [3.63, 3.8) is 0 Å². The lowest BCUT2D eigenvalue weighted by atomic mass is 9.94. The predicted molar refractivity (Wildman–Crippen MR) is 74.3 cm³/mol. The maximum atomic E-state index is 11.7. The molecule has 1 N–H and O–H groups in total. The van der Waals surface area contributed by atoms with Gasteiger partial charge in [-0.2, -0.15) is 0 Å². The lowest BCUT2D eigenvalue weighted by Crippen LogP contribution is -2.26. The summed E-state index contributed by atoms with van der Waals surface area (Å²) in [4.78, 5) is 26.8. The number of carboxylic acids is 1. The number of amides is 1. The maximum Gasteiger partial charge on any atom is 0.309 e. The summed E-state index contributed by atoms with van der Waals surface area (Å²) in [6.07, 6.45) is 0.0965. The average Bonchev–Trinajstić information content (AvgIpc) is 2.84. The van der Waals surface area contributed by atoms with Crippen LogP contribution in [0.2, 0.25) is 0 Å². The highest BCUT2D eigenvalue weighted by Gasteiger charge is 2.43.